The highest BCUT2D eigenvalue weighted by atomic mass is 79.9. The zero-order valence-corrected chi connectivity index (χ0v) is 19.8. The number of amides is 2. The molecule has 0 aromatic heterocycles. The summed E-state index contributed by atoms with van der Waals surface area (Å²) in [5.41, 5.74) is 2.15. The number of nitrogens with zero attached hydrogens (tertiary/aromatic N) is 1. The first-order valence-corrected chi connectivity index (χ1v) is 11.3. The molecular formula is C25H18BrClN2O4. The Morgan fingerprint density at radius 3 is 2.30 bits per heavy atom. The first kappa shape index (κ1) is 22.8. The summed E-state index contributed by atoms with van der Waals surface area (Å²) >= 11 is 9.50. The largest absolute Gasteiger partial charge is 0.423 e. The number of hydrogen-bond acceptors (Lipinski definition) is 5. The number of nitrogens with one attached hydrogen (secondary N) is 1. The third-order valence-electron chi connectivity index (χ3n) is 5.06. The maximum Gasteiger partial charge on any atom is 0.343 e. The Hall–Kier alpha value is -3.42. The van der Waals surface area contributed by atoms with Gasteiger partial charge in [-0.25, -0.2) is 9.69 Å². The third-order valence-corrected chi connectivity index (χ3v) is 5.94. The van der Waals surface area contributed by atoms with Crippen LogP contribution in [0.4, 0.5) is 11.4 Å². The summed E-state index contributed by atoms with van der Waals surface area (Å²) in [6, 6.07) is 20.5. The molecule has 33 heavy (non-hydrogen) atoms. The van der Waals surface area contributed by atoms with Gasteiger partial charge in [0.05, 0.1) is 11.3 Å². The van der Waals surface area contributed by atoms with E-state index in [-0.39, 0.29) is 10.7 Å². The van der Waals surface area contributed by atoms with Crippen molar-refractivity contribution in [2.75, 3.05) is 10.2 Å². The fraction of sp³-hybridized carbons (Fsp3) is 0.0800. The molecule has 6 nitrogen and oxygen atoms in total. The van der Waals surface area contributed by atoms with Gasteiger partial charge in [0.25, 0.3) is 11.8 Å². The highest BCUT2D eigenvalue weighted by Gasteiger charge is 2.38. The molecule has 0 bridgehead atoms. The second kappa shape index (κ2) is 9.60. The van der Waals surface area contributed by atoms with Gasteiger partial charge >= 0.3 is 5.97 Å². The normalized spacial score (nSPS) is 13.5. The van der Waals surface area contributed by atoms with Crippen molar-refractivity contribution in [1.29, 1.82) is 0 Å². The first-order chi connectivity index (χ1) is 15.9. The number of imide groups is 1. The van der Waals surface area contributed by atoms with E-state index in [1.807, 2.05) is 25.1 Å². The van der Waals surface area contributed by atoms with Gasteiger partial charge in [-0.05, 0) is 66.6 Å². The maximum atomic E-state index is 12.9. The van der Waals surface area contributed by atoms with Crippen LogP contribution in [0.1, 0.15) is 22.8 Å². The number of carbonyl (C=O) groups is 3. The summed E-state index contributed by atoms with van der Waals surface area (Å²) in [5.74, 6) is -1.14. The van der Waals surface area contributed by atoms with Crippen LogP contribution in [0.25, 0.3) is 0 Å². The topological polar surface area (TPSA) is 75.7 Å². The Kier molecular flexibility index (Phi) is 6.62. The van der Waals surface area contributed by atoms with Crippen molar-refractivity contribution in [3.63, 3.8) is 0 Å². The Balaban J connectivity index is 1.48. The molecule has 166 valence electrons. The van der Waals surface area contributed by atoms with Gasteiger partial charge in [-0.3, -0.25) is 9.59 Å². The molecule has 0 saturated heterocycles. The lowest BCUT2D eigenvalue weighted by Gasteiger charge is -2.15. The standard InChI is InChI=1S/C25H18BrClN2O4/c1-2-15-5-3-4-6-20(15)33-25(32)16-7-11-18(12-8-16)28-22-21(27)23(30)29(24(22)31)19-13-9-17(26)10-14-19/h3-14,28H,2H2,1H3. The van der Waals surface area contributed by atoms with Gasteiger partial charge in [0.1, 0.15) is 16.5 Å². The summed E-state index contributed by atoms with van der Waals surface area (Å²) in [7, 11) is 0. The zero-order chi connectivity index (χ0) is 23.5. The molecule has 1 heterocycles. The lowest BCUT2D eigenvalue weighted by atomic mass is 10.1. The summed E-state index contributed by atoms with van der Waals surface area (Å²) in [4.78, 5) is 39.0. The van der Waals surface area contributed by atoms with Gasteiger partial charge in [0, 0.05) is 10.2 Å². The van der Waals surface area contributed by atoms with E-state index in [1.165, 1.54) is 0 Å². The Morgan fingerprint density at radius 1 is 0.970 bits per heavy atom. The van der Waals surface area contributed by atoms with E-state index in [9.17, 15) is 14.4 Å². The van der Waals surface area contributed by atoms with Gasteiger partial charge in [0.15, 0.2) is 0 Å². The van der Waals surface area contributed by atoms with Crippen molar-refractivity contribution in [3.8, 4) is 5.75 Å². The Morgan fingerprint density at radius 2 is 1.64 bits per heavy atom. The first-order valence-electron chi connectivity index (χ1n) is 10.1. The van der Waals surface area contributed by atoms with Crippen LogP contribution in [-0.4, -0.2) is 17.8 Å². The molecule has 0 fully saturated rings. The molecule has 0 spiro atoms. The molecule has 4 rings (SSSR count). The number of rotatable bonds is 6. The van der Waals surface area contributed by atoms with E-state index in [4.69, 9.17) is 16.3 Å². The van der Waals surface area contributed by atoms with E-state index >= 15 is 0 Å². The van der Waals surface area contributed by atoms with Crippen molar-refractivity contribution < 1.29 is 19.1 Å². The molecule has 0 unspecified atom stereocenters. The molecule has 0 radical (unpaired) electrons. The van der Waals surface area contributed by atoms with E-state index < -0.39 is 17.8 Å². The number of para-hydroxylation sites is 1. The molecule has 2 amide bonds. The molecule has 1 aliphatic heterocycles. The highest BCUT2D eigenvalue weighted by molar-refractivity contribution is 9.10. The molecule has 0 atom stereocenters. The minimum Gasteiger partial charge on any atom is -0.423 e. The van der Waals surface area contributed by atoms with Crippen LogP contribution in [-0.2, 0) is 16.0 Å². The SMILES string of the molecule is CCc1ccccc1OC(=O)c1ccc(NC2=C(Cl)C(=O)N(c3ccc(Br)cc3)C2=O)cc1. The number of ether oxygens (including phenoxy) is 1. The van der Waals surface area contributed by atoms with Gasteiger partial charge in [-0.2, -0.15) is 0 Å². The van der Waals surface area contributed by atoms with Crippen LogP contribution >= 0.6 is 27.5 Å². The molecule has 1 aliphatic rings. The third kappa shape index (κ3) is 4.69. The van der Waals surface area contributed by atoms with Crippen LogP contribution in [0.15, 0.2) is 88.0 Å². The minimum absolute atomic E-state index is 0.0308. The van der Waals surface area contributed by atoms with Crippen molar-refractivity contribution >= 4 is 56.7 Å². The second-order valence-electron chi connectivity index (χ2n) is 7.16. The molecule has 0 saturated carbocycles. The van der Waals surface area contributed by atoms with Crippen molar-refractivity contribution in [2.45, 2.75) is 13.3 Å². The number of aryl methyl sites for hydroxylation is 1. The van der Waals surface area contributed by atoms with Crippen LogP contribution in [0.2, 0.25) is 0 Å². The number of carbonyl (C=O) groups excluding carboxylic acids is 3. The second-order valence-corrected chi connectivity index (χ2v) is 8.46. The van der Waals surface area contributed by atoms with Crippen LogP contribution in [0, 0.1) is 0 Å². The predicted molar refractivity (Wildman–Crippen MR) is 130 cm³/mol. The predicted octanol–water partition coefficient (Wildman–Crippen LogP) is 5.67. The Labute approximate surface area is 203 Å². The minimum atomic E-state index is -0.610. The highest BCUT2D eigenvalue weighted by Crippen LogP contribution is 2.31. The van der Waals surface area contributed by atoms with Crippen LogP contribution in [0.3, 0.4) is 0 Å². The molecule has 1 N–H and O–H groups in total. The monoisotopic (exact) mass is 524 g/mol. The molecule has 8 heteroatoms. The smallest absolute Gasteiger partial charge is 0.343 e. The average Bonchev–Trinajstić information content (AvgIpc) is 3.03. The average molecular weight is 526 g/mol. The summed E-state index contributed by atoms with van der Waals surface area (Å²) in [5, 5.41) is 2.68. The molecular weight excluding hydrogens is 508 g/mol. The lowest BCUT2D eigenvalue weighted by Crippen LogP contribution is -2.32. The van der Waals surface area contributed by atoms with E-state index in [0.29, 0.717) is 22.7 Å². The quantitative estimate of drug-likeness (QED) is 0.255. The van der Waals surface area contributed by atoms with Gasteiger partial charge < -0.3 is 10.1 Å². The van der Waals surface area contributed by atoms with Gasteiger partial charge in [0.2, 0.25) is 0 Å². The summed E-state index contributed by atoms with van der Waals surface area (Å²) in [6.45, 7) is 1.99. The lowest BCUT2D eigenvalue weighted by molar-refractivity contribution is -0.120. The van der Waals surface area contributed by atoms with E-state index in [1.54, 1.807) is 54.6 Å². The van der Waals surface area contributed by atoms with E-state index in [0.717, 1.165) is 21.4 Å². The molecule has 3 aromatic rings. The van der Waals surface area contributed by atoms with Crippen LogP contribution < -0.4 is 15.0 Å². The van der Waals surface area contributed by atoms with E-state index in [2.05, 4.69) is 21.2 Å². The number of hydrogen-bond donors (Lipinski definition) is 1. The zero-order valence-electron chi connectivity index (χ0n) is 17.5. The van der Waals surface area contributed by atoms with Crippen LogP contribution in [0.5, 0.6) is 5.75 Å². The maximum absolute atomic E-state index is 12.9. The molecule has 3 aromatic carbocycles. The summed E-state index contributed by atoms with van der Waals surface area (Å²) < 4.78 is 6.34. The Bertz CT molecular complexity index is 1270. The fourth-order valence-electron chi connectivity index (χ4n) is 3.32. The van der Waals surface area contributed by atoms with Crippen molar-refractivity contribution in [1.82, 2.24) is 0 Å². The van der Waals surface area contributed by atoms with Gasteiger partial charge in [-0.15, -0.1) is 0 Å². The number of anilines is 2. The summed E-state index contributed by atoms with van der Waals surface area (Å²) in [6.07, 6.45) is 0.742. The van der Waals surface area contributed by atoms with Crippen molar-refractivity contribution in [2.24, 2.45) is 0 Å². The molecule has 0 aliphatic carbocycles. The number of esters is 1. The number of halogens is 2. The fourth-order valence-corrected chi connectivity index (χ4v) is 3.80. The van der Waals surface area contributed by atoms with Crippen molar-refractivity contribution in [3.05, 3.63) is 99.1 Å². The van der Waals surface area contributed by atoms with Gasteiger partial charge in [-0.1, -0.05) is 52.7 Å². The number of benzene rings is 3.